The van der Waals surface area contributed by atoms with Gasteiger partial charge in [0.1, 0.15) is 12.0 Å². The van der Waals surface area contributed by atoms with Gasteiger partial charge in [-0.3, -0.25) is 9.89 Å². The number of nitrogens with one attached hydrogen (secondary N) is 1. The van der Waals surface area contributed by atoms with Gasteiger partial charge < -0.3 is 9.64 Å². The molecule has 7 heteroatoms. The summed E-state index contributed by atoms with van der Waals surface area (Å²) in [4.78, 5) is 22.0. The van der Waals surface area contributed by atoms with Crippen molar-refractivity contribution >= 4 is 5.91 Å². The fraction of sp³-hybridized carbons (Fsp3) is 0.333. The molecule has 0 bridgehead atoms. The number of aromatic nitrogens is 4. The molecule has 0 saturated carbocycles. The molecule has 98 valence electrons. The van der Waals surface area contributed by atoms with Crippen LogP contribution in [0.2, 0.25) is 0 Å². The normalized spacial score (nSPS) is 19.4. The minimum Gasteiger partial charge on any atom is -0.377 e. The first-order valence-electron chi connectivity index (χ1n) is 6.00. The first-order valence-corrected chi connectivity index (χ1v) is 6.00. The lowest BCUT2D eigenvalue weighted by Gasteiger charge is -2.34. The average molecular weight is 259 g/mol. The Balaban J connectivity index is 1.87. The maximum atomic E-state index is 12.5. The number of H-pyrrole nitrogens is 1. The van der Waals surface area contributed by atoms with E-state index in [0.29, 0.717) is 25.5 Å². The van der Waals surface area contributed by atoms with Gasteiger partial charge in [0.2, 0.25) is 0 Å². The second kappa shape index (κ2) is 5.15. The summed E-state index contributed by atoms with van der Waals surface area (Å²) in [5, 5.41) is 6.81. The molecule has 19 heavy (non-hydrogen) atoms. The second-order valence-electron chi connectivity index (χ2n) is 4.20. The minimum atomic E-state index is -0.154. The molecule has 0 radical (unpaired) electrons. The molecular formula is C12H13N5O2. The first kappa shape index (κ1) is 11.8. The number of carbonyl (C=O) groups excluding carboxylic acids is 1. The van der Waals surface area contributed by atoms with Crippen LogP contribution < -0.4 is 0 Å². The van der Waals surface area contributed by atoms with Crippen molar-refractivity contribution in [2.45, 2.75) is 6.04 Å². The number of ether oxygens (including phenoxy) is 1. The molecule has 1 aliphatic heterocycles. The van der Waals surface area contributed by atoms with Gasteiger partial charge in [-0.2, -0.15) is 5.10 Å². The van der Waals surface area contributed by atoms with E-state index in [4.69, 9.17) is 4.74 Å². The summed E-state index contributed by atoms with van der Waals surface area (Å²) in [6.07, 6.45) is 4.60. The van der Waals surface area contributed by atoms with Gasteiger partial charge in [-0.05, 0) is 12.1 Å². The van der Waals surface area contributed by atoms with Gasteiger partial charge in [0, 0.05) is 18.9 Å². The summed E-state index contributed by atoms with van der Waals surface area (Å²) < 4.78 is 5.45. The lowest BCUT2D eigenvalue weighted by molar-refractivity contribution is -0.00422. The smallest absolute Gasteiger partial charge is 0.273 e. The highest BCUT2D eigenvalue weighted by atomic mass is 16.5. The van der Waals surface area contributed by atoms with Gasteiger partial charge in [0.05, 0.1) is 24.9 Å². The number of hydrogen-bond donors (Lipinski definition) is 1. The molecule has 1 saturated heterocycles. The monoisotopic (exact) mass is 259 g/mol. The van der Waals surface area contributed by atoms with E-state index >= 15 is 0 Å². The van der Waals surface area contributed by atoms with Crippen LogP contribution in [-0.2, 0) is 4.74 Å². The number of hydrogen-bond acceptors (Lipinski definition) is 5. The van der Waals surface area contributed by atoms with Gasteiger partial charge in [0.25, 0.3) is 5.91 Å². The molecule has 0 spiro atoms. The third-order valence-corrected chi connectivity index (χ3v) is 3.07. The predicted molar refractivity (Wildman–Crippen MR) is 65.2 cm³/mol. The van der Waals surface area contributed by atoms with Crippen molar-refractivity contribution < 1.29 is 9.53 Å². The van der Waals surface area contributed by atoms with Crippen molar-refractivity contribution in [3.8, 4) is 0 Å². The van der Waals surface area contributed by atoms with E-state index in [9.17, 15) is 4.79 Å². The Bertz CT molecular complexity index is 543. The second-order valence-corrected chi connectivity index (χ2v) is 4.20. The van der Waals surface area contributed by atoms with Crippen LogP contribution in [-0.4, -0.2) is 50.7 Å². The fourth-order valence-electron chi connectivity index (χ4n) is 2.12. The average Bonchev–Trinajstić information content (AvgIpc) is 3.01. The Morgan fingerprint density at radius 3 is 3.11 bits per heavy atom. The SMILES string of the molecule is O=C(c1ccncn1)N1CCOC[C@H]1c1ccn[nH]1. The van der Waals surface area contributed by atoms with Crippen LogP contribution in [0, 0.1) is 0 Å². The van der Waals surface area contributed by atoms with Crippen molar-refractivity contribution in [1.82, 2.24) is 25.1 Å². The van der Waals surface area contributed by atoms with Crippen LogP contribution in [0.25, 0.3) is 0 Å². The lowest BCUT2D eigenvalue weighted by Crippen LogP contribution is -2.43. The van der Waals surface area contributed by atoms with Crippen molar-refractivity contribution in [2.75, 3.05) is 19.8 Å². The molecule has 0 aliphatic carbocycles. The highest BCUT2D eigenvalue weighted by molar-refractivity contribution is 5.92. The molecule has 1 N–H and O–H groups in total. The van der Waals surface area contributed by atoms with Gasteiger partial charge in [0.15, 0.2) is 0 Å². The van der Waals surface area contributed by atoms with E-state index in [1.165, 1.54) is 6.33 Å². The molecule has 2 aromatic rings. The standard InChI is InChI=1S/C12H13N5O2/c18-12(10-1-3-13-8-14-10)17-5-6-19-7-11(17)9-2-4-15-16-9/h1-4,8,11H,5-7H2,(H,15,16)/t11-/m0/s1. The van der Waals surface area contributed by atoms with Crippen LogP contribution in [0.4, 0.5) is 0 Å². The number of aromatic amines is 1. The Labute approximate surface area is 109 Å². The molecule has 1 fully saturated rings. The lowest BCUT2D eigenvalue weighted by atomic mass is 10.1. The summed E-state index contributed by atoms with van der Waals surface area (Å²) in [5.41, 5.74) is 1.25. The molecule has 3 heterocycles. The molecule has 2 aromatic heterocycles. The van der Waals surface area contributed by atoms with Crippen LogP contribution >= 0.6 is 0 Å². The van der Waals surface area contributed by atoms with E-state index in [0.717, 1.165) is 5.69 Å². The van der Waals surface area contributed by atoms with E-state index < -0.39 is 0 Å². The van der Waals surface area contributed by atoms with Gasteiger partial charge >= 0.3 is 0 Å². The summed E-state index contributed by atoms with van der Waals surface area (Å²) in [6.45, 7) is 1.52. The summed E-state index contributed by atoms with van der Waals surface area (Å²) in [5.74, 6) is -0.120. The number of rotatable bonds is 2. The number of morpholine rings is 1. The molecule has 1 amide bonds. The third kappa shape index (κ3) is 2.32. The van der Waals surface area contributed by atoms with Crippen molar-refractivity contribution in [3.63, 3.8) is 0 Å². The summed E-state index contributed by atoms with van der Waals surface area (Å²) in [7, 11) is 0. The Morgan fingerprint density at radius 2 is 2.37 bits per heavy atom. The van der Waals surface area contributed by atoms with Crippen molar-refractivity contribution in [3.05, 3.63) is 42.2 Å². The largest absolute Gasteiger partial charge is 0.377 e. The van der Waals surface area contributed by atoms with E-state index in [2.05, 4.69) is 20.2 Å². The molecule has 0 unspecified atom stereocenters. The van der Waals surface area contributed by atoms with Gasteiger partial charge in [-0.1, -0.05) is 0 Å². The Morgan fingerprint density at radius 1 is 1.42 bits per heavy atom. The van der Waals surface area contributed by atoms with Crippen LogP contribution in [0.15, 0.2) is 30.9 Å². The molecule has 3 rings (SSSR count). The molecule has 1 atom stereocenters. The van der Waals surface area contributed by atoms with Crippen LogP contribution in [0.1, 0.15) is 22.2 Å². The maximum absolute atomic E-state index is 12.5. The fourth-order valence-corrected chi connectivity index (χ4v) is 2.12. The van der Waals surface area contributed by atoms with Crippen molar-refractivity contribution in [2.24, 2.45) is 0 Å². The van der Waals surface area contributed by atoms with Crippen LogP contribution in [0.3, 0.4) is 0 Å². The zero-order valence-electron chi connectivity index (χ0n) is 10.2. The molecule has 7 nitrogen and oxygen atoms in total. The van der Waals surface area contributed by atoms with E-state index in [-0.39, 0.29) is 11.9 Å². The van der Waals surface area contributed by atoms with Gasteiger partial charge in [-0.25, -0.2) is 9.97 Å². The third-order valence-electron chi connectivity index (χ3n) is 3.07. The number of amides is 1. The Hall–Kier alpha value is -2.28. The first-order chi connectivity index (χ1) is 9.36. The number of nitrogens with zero attached hydrogens (tertiary/aromatic N) is 4. The van der Waals surface area contributed by atoms with Crippen LogP contribution in [0.5, 0.6) is 0 Å². The Kier molecular flexibility index (Phi) is 3.20. The van der Waals surface area contributed by atoms with E-state index in [1.54, 1.807) is 23.4 Å². The zero-order chi connectivity index (χ0) is 13.1. The predicted octanol–water partition coefficient (Wildman–Crippen LogP) is 0.413. The molecule has 0 aromatic carbocycles. The zero-order valence-corrected chi connectivity index (χ0v) is 10.2. The molecular weight excluding hydrogens is 246 g/mol. The quantitative estimate of drug-likeness (QED) is 0.844. The molecule has 1 aliphatic rings. The minimum absolute atomic E-state index is 0.120. The summed E-state index contributed by atoms with van der Waals surface area (Å²) in [6, 6.07) is 3.31. The topological polar surface area (TPSA) is 84.0 Å². The van der Waals surface area contributed by atoms with Crippen molar-refractivity contribution in [1.29, 1.82) is 0 Å². The highest BCUT2D eigenvalue weighted by Crippen LogP contribution is 2.23. The highest BCUT2D eigenvalue weighted by Gasteiger charge is 2.30. The number of carbonyl (C=O) groups is 1. The van der Waals surface area contributed by atoms with E-state index in [1.807, 2.05) is 6.07 Å². The summed E-state index contributed by atoms with van der Waals surface area (Å²) >= 11 is 0. The maximum Gasteiger partial charge on any atom is 0.273 e. The van der Waals surface area contributed by atoms with Gasteiger partial charge in [-0.15, -0.1) is 0 Å².